The van der Waals surface area contributed by atoms with Gasteiger partial charge in [0.15, 0.2) is 0 Å². The van der Waals surface area contributed by atoms with Crippen molar-refractivity contribution in [2.24, 2.45) is 0 Å². The van der Waals surface area contributed by atoms with Crippen molar-refractivity contribution in [1.82, 2.24) is 9.55 Å². The van der Waals surface area contributed by atoms with Gasteiger partial charge in [-0.05, 0) is 24.6 Å². The normalized spacial score (nSPS) is 10.7. The highest BCUT2D eigenvalue weighted by molar-refractivity contribution is 5.93. The predicted molar refractivity (Wildman–Crippen MR) is 66.0 cm³/mol. The maximum atomic E-state index is 11.4. The van der Waals surface area contributed by atoms with E-state index in [4.69, 9.17) is 0 Å². The SMILES string of the molecule is CCCCn1cnc2cc(C(=O)OC)ccc21. The Balaban J connectivity index is 2.34. The third-order valence-corrected chi connectivity index (χ3v) is 2.79. The summed E-state index contributed by atoms with van der Waals surface area (Å²) in [6.45, 7) is 3.12. The van der Waals surface area contributed by atoms with Crippen LogP contribution in [0, 0.1) is 0 Å². The molecule has 0 atom stereocenters. The number of nitrogens with zero attached hydrogens (tertiary/aromatic N) is 2. The topological polar surface area (TPSA) is 44.1 Å². The standard InChI is InChI=1S/C13H16N2O2/c1-3-4-7-15-9-14-11-8-10(13(16)17-2)5-6-12(11)15/h5-6,8-9H,3-4,7H2,1-2H3. The number of hydrogen-bond donors (Lipinski definition) is 0. The maximum Gasteiger partial charge on any atom is 0.337 e. The number of fused-ring (bicyclic) bond motifs is 1. The van der Waals surface area contributed by atoms with Crippen LogP contribution in [0.1, 0.15) is 30.1 Å². The Morgan fingerprint density at radius 2 is 2.29 bits per heavy atom. The number of aryl methyl sites for hydroxylation is 1. The van der Waals surface area contributed by atoms with Gasteiger partial charge in [-0.3, -0.25) is 0 Å². The monoisotopic (exact) mass is 232 g/mol. The van der Waals surface area contributed by atoms with Crippen LogP contribution in [-0.2, 0) is 11.3 Å². The first-order valence-electron chi connectivity index (χ1n) is 5.79. The molecule has 0 bridgehead atoms. The number of aromatic nitrogens is 2. The van der Waals surface area contributed by atoms with Gasteiger partial charge in [0.05, 0.1) is 30.0 Å². The van der Waals surface area contributed by atoms with Crippen LogP contribution in [-0.4, -0.2) is 22.6 Å². The Hall–Kier alpha value is -1.84. The molecule has 0 unspecified atom stereocenters. The number of esters is 1. The lowest BCUT2D eigenvalue weighted by molar-refractivity contribution is 0.0601. The zero-order valence-corrected chi connectivity index (χ0v) is 10.1. The minimum Gasteiger partial charge on any atom is -0.465 e. The average molecular weight is 232 g/mol. The highest BCUT2D eigenvalue weighted by Gasteiger charge is 2.08. The molecular weight excluding hydrogens is 216 g/mol. The van der Waals surface area contributed by atoms with Crippen molar-refractivity contribution in [1.29, 1.82) is 0 Å². The summed E-state index contributed by atoms with van der Waals surface area (Å²) < 4.78 is 6.79. The van der Waals surface area contributed by atoms with Crippen molar-refractivity contribution in [3.63, 3.8) is 0 Å². The van der Waals surface area contributed by atoms with E-state index < -0.39 is 0 Å². The molecule has 0 aliphatic rings. The summed E-state index contributed by atoms with van der Waals surface area (Å²) in [6, 6.07) is 5.46. The Morgan fingerprint density at radius 3 is 3.00 bits per heavy atom. The largest absolute Gasteiger partial charge is 0.465 e. The van der Waals surface area contributed by atoms with E-state index in [-0.39, 0.29) is 5.97 Å². The highest BCUT2D eigenvalue weighted by Crippen LogP contribution is 2.16. The van der Waals surface area contributed by atoms with E-state index in [1.54, 1.807) is 12.1 Å². The van der Waals surface area contributed by atoms with E-state index >= 15 is 0 Å². The summed E-state index contributed by atoms with van der Waals surface area (Å²) in [4.78, 5) is 15.7. The van der Waals surface area contributed by atoms with E-state index in [2.05, 4.69) is 21.2 Å². The molecule has 0 radical (unpaired) electrons. The van der Waals surface area contributed by atoms with Gasteiger partial charge in [0.25, 0.3) is 0 Å². The van der Waals surface area contributed by atoms with Crippen LogP contribution in [0.3, 0.4) is 0 Å². The van der Waals surface area contributed by atoms with Crippen LogP contribution in [0.5, 0.6) is 0 Å². The summed E-state index contributed by atoms with van der Waals surface area (Å²) >= 11 is 0. The van der Waals surface area contributed by atoms with E-state index in [9.17, 15) is 4.79 Å². The van der Waals surface area contributed by atoms with Gasteiger partial charge in [-0.25, -0.2) is 9.78 Å². The lowest BCUT2D eigenvalue weighted by atomic mass is 10.2. The number of rotatable bonds is 4. The van der Waals surface area contributed by atoms with Crippen molar-refractivity contribution in [3.8, 4) is 0 Å². The van der Waals surface area contributed by atoms with Gasteiger partial charge in [0, 0.05) is 6.54 Å². The summed E-state index contributed by atoms with van der Waals surface area (Å²) in [5.41, 5.74) is 2.44. The molecule has 0 spiro atoms. The summed E-state index contributed by atoms with van der Waals surface area (Å²) in [5.74, 6) is -0.324. The Bertz CT molecular complexity index is 531. The summed E-state index contributed by atoms with van der Waals surface area (Å²) in [5, 5.41) is 0. The molecule has 2 rings (SSSR count). The lowest BCUT2D eigenvalue weighted by Gasteiger charge is -2.03. The van der Waals surface area contributed by atoms with Gasteiger partial charge >= 0.3 is 5.97 Å². The van der Waals surface area contributed by atoms with E-state index in [0.29, 0.717) is 5.56 Å². The number of carbonyl (C=O) groups is 1. The van der Waals surface area contributed by atoms with Crippen molar-refractivity contribution < 1.29 is 9.53 Å². The second-order valence-corrected chi connectivity index (χ2v) is 3.99. The number of benzene rings is 1. The fourth-order valence-electron chi connectivity index (χ4n) is 1.82. The highest BCUT2D eigenvalue weighted by atomic mass is 16.5. The van der Waals surface area contributed by atoms with Crippen LogP contribution >= 0.6 is 0 Å². The number of methoxy groups -OCH3 is 1. The van der Waals surface area contributed by atoms with Gasteiger partial charge in [-0.2, -0.15) is 0 Å². The first kappa shape index (κ1) is 11.6. The van der Waals surface area contributed by atoms with Crippen LogP contribution in [0.2, 0.25) is 0 Å². The Morgan fingerprint density at radius 1 is 1.47 bits per heavy atom. The minimum absolute atomic E-state index is 0.324. The van der Waals surface area contributed by atoms with Gasteiger partial charge in [-0.1, -0.05) is 13.3 Å². The molecule has 0 aliphatic carbocycles. The summed E-state index contributed by atoms with van der Waals surface area (Å²) in [6.07, 6.45) is 4.10. The molecule has 0 saturated heterocycles. The van der Waals surface area contributed by atoms with Gasteiger partial charge in [0.2, 0.25) is 0 Å². The number of imidazole rings is 1. The number of ether oxygens (including phenoxy) is 1. The zero-order valence-electron chi connectivity index (χ0n) is 10.1. The third kappa shape index (κ3) is 2.30. The molecule has 0 fully saturated rings. The van der Waals surface area contributed by atoms with Crippen LogP contribution in [0.4, 0.5) is 0 Å². The maximum absolute atomic E-state index is 11.4. The van der Waals surface area contributed by atoms with E-state index in [1.807, 2.05) is 12.4 Å². The molecule has 90 valence electrons. The first-order chi connectivity index (χ1) is 8.26. The molecule has 1 aromatic carbocycles. The molecule has 0 amide bonds. The molecular formula is C13H16N2O2. The van der Waals surface area contributed by atoms with Gasteiger partial charge in [0.1, 0.15) is 0 Å². The van der Waals surface area contributed by atoms with E-state index in [1.165, 1.54) is 7.11 Å². The van der Waals surface area contributed by atoms with Gasteiger partial charge < -0.3 is 9.30 Å². The predicted octanol–water partition coefficient (Wildman–Crippen LogP) is 2.62. The van der Waals surface area contributed by atoms with Crippen molar-refractivity contribution in [2.75, 3.05) is 7.11 Å². The molecule has 1 heterocycles. The fraction of sp³-hybridized carbons (Fsp3) is 0.385. The molecule has 1 aromatic heterocycles. The lowest BCUT2D eigenvalue weighted by Crippen LogP contribution is -2.01. The Labute approximate surface area is 100 Å². The molecule has 0 aliphatic heterocycles. The molecule has 0 saturated carbocycles. The first-order valence-corrected chi connectivity index (χ1v) is 5.79. The smallest absolute Gasteiger partial charge is 0.337 e. The van der Waals surface area contributed by atoms with Crippen molar-refractivity contribution >= 4 is 17.0 Å². The van der Waals surface area contributed by atoms with Crippen molar-refractivity contribution in [3.05, 3.63) is 30.1 Å². The van der Waals surface area contributed by atoms with Crippen molar-refractivity contribution in [2.45, 2.75) is 26.3 Å². The quantitative estimate of drug-likeness (QED) is 0.761. The molecule has 0 N–H and O–H groups in total. The molecule has 4 heteroatoms. The second kappa shape index (κ2) is 4.99. The zero-order chi connectivity index (χ0) is 12.3. The number of carbonyl (C=O) groups excluding carboxylic acids is 1. The number of unbranched alkanes of at least 4 members (excludes halogenated alkanes) is 1. The van der Waals surface area contributed by atoms with Crippen LogP contribution in [0.15, 0.2) is 24.5 Å². The van der Waals surface area contributed by atoms with E-state index in [0.717, 1.165) is 30.4 Å². The summed E-state index contributed by atoms with van der Waals surface area (Å²) in [7, 11) is 1.38. The minimum atomic E-state index is -0.324. The van der Waals surface area contributed by atoms with Crippen LogP contribution in [0.25, 0.3) is 11.0 Å². The molecule has 17 heavy (non-hydrogen) atoms. The average Bonchev–Trinajstić information content (AvgIpc) is 2.77. The molecule has 4 nitrogen and oxygen atoms in total. The fourth-order valence-corrected chi connectivity index (χ4v) is 1.82. The third-order valence-electron chi connectivity index (χ3n) is 2.79. The van der Waals surface area contributed by atoms with Gasteiger partial charge in [-0.15, -0.1) is 0 Å². The van der Waals surface area contributed by atoms with Crippen LogP contribution < -0.4 is 0 Å². The molecule has 2 aromatic rings. The second-order valence-electron chi connectivity index (χ2n) is 3.99. The Kier molecular flexibility index (Phi) is 3.42. The number of hydrogen-bond acceptors (Lipinski definition) is 3.